The SMILES string of the molecule is COc1cc2c(cc1OC)CN(C[C@@H]1C[C@H](c3ccc(CO)cc3)O[C@H](c3ccc(CNC(=O)CCCCCCC(=O)NO)cc3)O1)CC2. The third-order valence-electron chi connectivity index (χ3n) is 9.30. The number of nitrogens with one attached hydrogen (secondary N) is 2. The number of aliphatic hydroxyl groups excluding tert-OH is 1. The van der Waals surface area contributed by atoms with Crippen molar-refractivity contribution >= 4 is 11.8 Å². The molecule has 0 aromatic heterocycles. The van der Waals surface area contributed by atoms with Gasteiger partial charge in [0.2, 0.25) is 11.8 Å². The summed E-state index contributed by atoms with van der Waals surface area (Å²) in [5.74, 6) is 1.10. The molecular formula is C38H49N3O8. The first-order valence-electron chi connectivity index (χ1n) is 17.1. The average Bonchev–Trinajstić information content (AvgIpc) is 3.14. The Hall–Kier alpha value is -4.00. The number of methoxy groups -OCH3 is 2. The highest BCUT2D eigenvalue weighted by Crippen LogP contribution is 2.39. The van der Waals surface area contributed by atoms with Crippen LogP contribution in [0.15, 0.2) is 60.7 Å². The first-order valence-corrected chi connectivity index (χ1v) is 17.1. The van der Waals surface area contributed by atoms with Gasteiger partial charge in [0.15, 0.2) is 17.8 Å². The molecule has 2 aliphatic heterocycles. The standard InChI is InChI=1S/C38H49N3O8/c1-46-34-19-30-17-18-41(23-31(30)20-35(34)47-2)24-32-21-33(28-13-11-27(25-42)12-14-28)49-38(48-32)29-15-9-26(10-16-29)22-39-36(43)7-5-3-4-6-8-37(44)40-45/h9-16,19-20,32-33,38,42,45H,3-8,17-18,21-25H2,1-2H3,(H,39,43)(H,40,44)/t32-,33+,38+/m0/s1. The van der Waals surface area contributed by atoms with E-state index >= 15 is 0 Å². The van der Waals surface area contributed by atoms with Crippen molar-refractivity contribution in [1.29, 1.82) is 0 Å². The molecule has 5 rings (SSSR count). The molecule has 11 heteroatoms. The zero-order chi connectivity index (χ0) is 34.6. The molecule has 0 unspecified atom stereocenters. The summed E-state index contributed by atoms with van der Waals surface area (Å²) >= 11 is 0. The monoisotopic (exact) mass is 675 g/mol. The number of nitrogens with zero attached hydrogens (tertiary/aromatic N) is 1. The third-order valence-corrected chi connectivity index (χ3v) is 9.30. The Kier molecular flexibility index (Phi) is 13.4. The van der Waals surface area contributed by atoms with Gasteiger partial charge in [0.05, 0.1) is 33.0 Å². The molecule has 3 aromatic carbocycles. The largest absolute Gasteiger partial charge is 0.493 e. The van der Waals surface area contributed by atoms with Gasteiger partial charge in [-0.1, -0.05) is 61.4 Å². The van der Waals surface area contributed by atoms with E-state index in [-0.39, 0.29) is 37.0 Å². The highest BCUT2D eigenvalue weighted by molar-refractivity contribution is 5.75. The van der Waals surface area contributed by atoms with Crippen molar-refractivity contribution in [3.63, 3.8) is 0 Å². The van der Waals surface area contributed by atoms with Gasteiger partial charge in [-0.2, -0.15) is 0 Å². The third kappa shape index (κ3) is 10.3. The first kappa shape index (κ1) is 36.3. The van der Waals surface area contributed by atoms with Crippen molar-refractivity contribution in [3.8, 4) is 11.5 Å². The maximum Gasteiger partial charge on any atom is 0.243 e. The van der Waals surface area contributed by atoms with Crippen LogP contribution in [-0.2, 0) is 45.2 Å². The molecule has 3 aromatic rings. The Bertz CT molecular complexity index is 1510. The number of ether oxygens (including phenoxy) is 4. The lowest BCUT2D eigenvalue weighted by Crippen LogP contribution is -2.41. The van der Waals surface area contributed by atoms with E-state index in [0.29, 0.717) is 25.8 Å². The minimum absolute atomic E-state index is 0.00649. The van der Waals surface area contributed by atoms with Gasteiger partial charge in [-0.05, 0) is 59.2 Å². The molecule has 3 atom stereocenters. The quantitative estimate of drug-likeness (QED) is 0.0910. The van der Waals surface area contributed by atoms with E-state index in [1.807, 2.05) is 48.5 Å². The lowest BCUT2D eigenvalue weighted by Gasteiger charge is -2.39. The molecule has 1 saturated heterocycles. The van der Waals surface area contributed by atoms with Crippen LogP contribution in [-0.4, -0.2) is 60.4 Å². The van der Waals surface area contributed by atoms with Gasteiger partial charge >= 0.3 is 0 Å². The average molecular weight is 676 g/mol. The molecule has 0 saturated carbocycles. The number of hydrogen-bond donors (Lipinski definition) is 4. The number of benzene rings is 3. The van der Waals surface area contributed by atoms with Crippen molar-refractivity contribution in [3.05, 3.63) is 94.0 Å². The number of aliphatic hydroxyl groups is 1. The van der Waals surface area contributed by atoms with Crippen LogP contribution in [0.1, 0.15) is 90.7 Å². The minimum atomic E-state index is -0.560. The molecular weight excluding hydrogens is 626 g/mol. The zero-order valence-corrected chi connectivity index (χ0v) is 28.5. The number of hydroxylamine groups is 1. The molecule has 2 aliphatic rings. The summed E-state index contributed by atoms with van der Waals surface area (Å²) in [6, 6.07) is 20.1. The Morgan fingerprint density at radius 2 is 1.47 bits per heavy atom. The normalized spacial score (nSPS) is 19.1. The Balaban J connectivity index is 1.19. The molecule has 0 radical (unpaired) electrons. The summed E-state index contributed by atoms with van der Waals surface area (Å²) in [4.78, 5) is 25.9. The summed E-state index contributed by atoms with van der Waals surface area (Å²) in [5, 5.41) is 21.1. The van der Waals surface area contributed by atoms with Crippen molar-refractivity contribution in [2.45, 2.75) is 89.6 Å². The lowest BCUT2D eigenvalue weighted by atomic mass is 9.97. The number of amides is 2. The summed E-state index contributed by atoms with van der Waals surface area (Å²) in [7, 11) is 3.32. The predicted molar refractivity (Wildman–Crippen MR) is 183 cm³/mol. The number of carbonyl (C=O) groups is 2. The summed E-state index contributed by atoms with van der Waals surface area (Å²) in [6.45, 7) is 2.88. The fourth-order valence-corrected chi connectivity index (χ4v) is 6.48. The van der Waals surface area contributed by atoms with Crippen molar-refractivity contribution in [1.82, 2.24) is 15.7 Å². The number of hydrogen-bond acceptors (Lipinski definition) is 9. The Labute approximate surface area is 288 Å². The van der Waals surface area contributed by atoms with E-state index in [1.165, 1.54) is 11.1 Å². The minimum Gasteiger partial charge on any atom is -0.493 e. The van der Waals surface area contributed by atoms with E-state index in [9.17, 15) is 14.7 Å². The molecule has 11 nitrogen and oxygen atoms in total. The maximum absolute atomic E-state index is 12.4. The van der Waals surface area contributed by atoms with Crippen LogP contribution in [0.5, 0.6) is 11.5 Å². The fraction of sp³-hybridized carbons (Fsp3) is 0.474. The van der Waals surface area contributed by atoms with E-state index in [2.05, 4.69) is 22.3 Å². The Morgan fingerprint density at radius 3 is 2.12 bits per heavy atom. The van der Waals surface area contributed by atoms with Gasteiger partial charge in [0.25, 0.3) is 0 Å². The summed E-state index contributed by atoms with van der Waals surface area (Å²) in [6.07, 6.45) is 4.64. The van der Waals surface area contributed by atoms with E-state index in [4.69, 9.17) is 24.2 Å². The second-order valence-corrected chi connectivity index (χ2v) is 12.8. The summed E-state index contributed by atoms with van der Waals surface area (Å²) < 4.78 is 24.3. The molecule has 4 N–H and O–H groups in total. The Morgan fingerprint density at radius 1 is 0.837 bits per heavy atom. The van der Waals surface area contributed by atoms with Gasteiger partial charge in [-0.3, -0.25) is 19.7 Å². The number of fused-ring (bicyclic) bond motifs is 1. The molecule has 1 fully saturated rings. The highest BCUT2D eigenvalue weighted by atomic mass is 16.7. The lowest BCUT2D eigenvalue weighted by molar-refractivity contribution is -0.253. The first-order chi connectivity index (χ1) is 23.9. The van der Waals surface area contributed by atoms with Crippen LogP contribution < -0.4 is 20.3 Å². The fourth-order valence-electron chi connectivity index (χ4n) is 6.48. The van der Waals surface area contributed by atoms with Crippen LogP contribution >= 0.6 is 0 Å². The maximum atomic E-state index is 12.4. The van der Waals surface area contributed by atoms with Crippen LogP contribution in [0.25, 0.3) is 0 Å². The molecule has 2 heterocycles. The molecule has 0 bridgehead atoms. The van der Waals surface area contributed by atoms with Gasteiger partial charge < -0.3 is 29.4 Å². The van der Waals surface area contributed by atoms with E-state index < -0.39 is 6.29 Å². The highest BCUT2D eigenvalue weighted by Gasteiger charge is 2.34. The van der Waals surface area contributed by atoms with Gasteiger partial charge in [0.1, 0.15) is 0 Å². The van der Waals surface area contributed by atoms with Crippen molar-refractivity contribution in [2.75, 3.05) is 27.3 Å². The summed E-state index contributed by atoms with van der Waals surface area (Å²) in [5.41, 5.74) is 7.94. The zero-order valence-electron chi connectivity index (χ0n) is 28.5. The van der Waals surface area contributed by atoms with Crippen LogP contribution in [0.2, 0.25) is 0 Å². The van der Waals surface area contributed by atoms with Crippen molar-refractivity contribution < 1.29 is 38.9 Å². The van der Waals surface area contributed by atoms with Crippen LogP contribution in [0, 0.1) is 0 Å². The molecule has 49 heavy (non-hydrogen) atoms. The second kappa shape index (κ2) is 18.1. The molecule has 264 valence electrons. The topological polar surface area (TPSA) is 139 Å². The van der Waals surface area contributed by atoms with Gasteiger partial charge in [0, 0.05) is 51.0 Å². The van der Waals surface area contributed by atoms with Crippen LogP contribution in [0.4, 0.5) is 0 Å². The van der Waals surface area contributed by atoms with E-state index in [1.54, 1.807) is 19.7 Å². The van der Waals surface area contributed by atoms with Gasteiger partial charge in [-0.25, -0.2) is 5.48 Å². The van der Waals surface area contributed by atoms with Crippen molar-refractivity contribution in [2.24, 2.45) is 0 Å². The number of carbonyl (C=O) groups excluding carboxylic acids is 2. The van der Waals surface area contributed by atoms with Gasteiger partial charge in [-0.15, -0.1) is 0 Å². The predicted octanol–water partition coefficient (Wildman–Crippen LogP) is 5.26. The molecule has 0 aliphatic carbocycles. The molecule has 0 spiro atoms. The van der Waals surface area contributed by atoms with Crippen LogP contribution in [0.3, 0.4) is 0 Å². The smallest absolute Gasteiger partial charge is 0.243 e. The molecule has 2 amide bonds. The second-order valence-electron chi connectivity index (χ2n) is 12.8. The van der Waals surface area contributed by atoms with E-state index in [0.717, 1.165) is 79.1 Å². The number of rotatable bonds is 16. The number of unbranched alkanes of at least 4 members (excludes halogenated alkanes) is 3.